The van der Waals surface area contributed by atoms with Crippen LogP contribution in [0.3, 0.4) is 0 Å². The number of hydrogen-bond donors (Lipinski definition) is 2. The van der Waals surface area contributed by atoms with Gasteiger partial charge in [-0.05, 0) is 58.3 Å². The van der Waals surface area contributed by atoms with Crippen molar-refractivity contribution >= 4 is 11.6 Å². The first-order valence-corrected chi connectivity index (χ1v) is 9.14. The molecule has 1 heterocycles. The fraction of sp³-hybridized carbons (Fsp3) is 0.789. The quantitative estimate of drug-likeness (QED) is 0.617. The van der Waals surface area contributed by atoms with Crippen LogP contribution in [0.4, 0.5) is 11.6 Å². The number of rotatable bonds is 10. The largest absolute Gasteiger partial charge is 0.366 e. The fourth-order valence-electron chi connectivity index (χ4n) is 2.49. The van der Waals surface area contributed by atoms with E-state index in [0.29, 0.717) is 12.1 Å². The molecule has 23 heavy (non-hydrogen) atoms. The average Bonchev–Trinajstić information content (AvgIpc) is 2.46. The SMILES string of the molecule is Cc1nc(NC(C)CCC(C)C)cnc1NC(C)CCC(C)C. The summed E-state index contributed by atoms with van der Waals surface area (Å²) in [5.41, 5.74) is 0.961. The van der Waals surface area contributed by atoms with Crippen LogP contribution in [0.5, 0.6) is 0 Å². The van der Waals surface area contributed by atoms with Gasteiger partial charge >= 0.3 is 0 Å². The lowest BCUT2D eigenvalue weighted by atomic mass is 10.0. The summed E-state index contributed by atoms with van der Waals surface area (Å²) in [4.78, 5) is 9.21. The Bertz CT molecular complexity index is 457. The summed E-state index contributed by atoms with van der Waals surface area (Å²) < 4.78 is 0. The molecule has 0 radical (unpaired) electrons. The van der Waals surface area contributed by atoms with Gasteiger partial charge in [-0.25, -0.2) is 9.97 Å². The van der Waals surface area contributed by atoms with Crippen LogP contribution in [0.15, 0.2) is 6.20 Å². The molecule has 0 aromatic carbocycles. The highest BCUT2D eigenvalue weighted by atomic mass is 15.1. The Hall–Kier alpha value is -1.32. The van der Waals surface area contributed by atoms with E-state index in [1.54, 1.807) is 0 Å². The molecular weight excluding hydrogens is 284 g/mol. The first-order valence-electron chi connectivity index (χ1n) is 9.14. The Morgan fingerprint density at radius 3 is 1.83 bits per heavy atom. The van der Waals surface area contributed by atoms with Gasteiger partial charge in [0.2, 0.25) is 0 Å². The van der Waals surface area contributed by atoms with E-state index in [0.717, 1.165) is 42.0 Å². The highest BCUT2D eigenvalue weighted by molar-refractivity contribution is 5.45. The van der Waals surface area contributed by atoms with Gasteiger partial charge in [0, 0.05) is 12.1 Å². The van der Waals surface area contributed by atoms with Gasteiger partial charge in [-0.1, -0.05) is 27.7 Å². The van der Waals surface area contributed by atoms with Crippen molar-refractivity contribution in [2.24, 2.45) is 11.8 Å². The van der Waals surface area contributed by atoms with Crippen LogP contribution in [-0.4, -0.2) is 22.1 Å². The Morgan fingerprint density at radius 1 is 0.826 bits per heavy atom. The molecule has 2 N–H and O–H groups in total. The van der Waals surface area contributed by atoms with E-state index in [1.807, 2.05) is 13.1 Å². The Balaban J connectivity index is 2.53. The maximum Gasteiger partial charge on any atom is 0.147 e. The number of nitrogens with one attached hydrogen (secondary N) is 2. The lowest BCUT2D eigenvalue weighted by Crippen LogP contribution is -2.20. The summed E-state index contributed by atoms with van der Waals surface area (Å²) in [6.07, 6.45) is 6.62. The number of hydrogen-bond acceptors (Lipinski definition) is 4. The summed E-state index contributed by atoms with van der Waals surface area (Å²) in [6.45, 7) is 15.5. The molecule has 0 saturated carbocycles. The van der Waals surface area contributed by atoms with Crippen LogP contribution in [0.2, 0.25) is 0 Å². The van der Waals surface area contributed by atoms with Crippen molar-refractivity contribution in [2.45, 2.75) is 86.2 Å². The van der Waals surface area contributed by atoms with Crippen LogP contribution < -0.4 is 10.6 Å². The van der Waals surface area contributed by atoms with Crippen molar-refractivity contribution in [1.82, 2.24) is 9.97 Å². The van der Waals surface area contributed by atoms with E-state index in [2.05, 4.69) is 62.1 Å². The molecule has 0 saturated heterocycles. The number of aromatic nitrogens is 2. The highest BCUT2D eigenvalue weighted by Crippen LogP contribution is 2.17. The minimum absolute atomic E-state index is 0.425. The molecule has 0 amide bonds. The van der Waals surface area contributed by atoms with E-state index in [1.165, 1.54) is 12.8 Å². The lowest BCUT2D eigenvalue weighted by molar-refractivity contribution is 0.526. The molecule has 2 atom stereocenters. The minimum Gasteiger partial charge on any atom is -0.366 e. The predicted molar refractivity (Wildman–Crippen MR) is 101 cm³/mol. The van der Waals surface area contributed by atoms with Crippen molar-refractivity contribution in [2.75, 3.05) is 10.6 Å². The minimum atomic E-state index is 0.425. The van der Waals surface area contributed by atoms with E-state index in [-0.39, 0.29) is 0 Å². The third kappa shape index (κ3) is 8.19. The van der Waals surface area contributed by atoms with Gasteiger partial charge in [-0.15, -0.1) is 0 Å². The van der Waals surface area contributed by atoms with E-state index in [4.69, 9.17) is 0 Å². The molecule has 4 nitrogen and oxygen atoms in total. The summed E-state index contributed by atoms with van der Waals surface area (Å²) in [6, 6.07) is 0.851. The maximum atomic E-state index is 4.65. The topological polar surface area (TPSA) is 49.8 Å². The Morgan fingerprint density at radius 2 is 1.35 bits per heavy atom. The van der Waals surface area contributed by atoms with Crippen LogP contribution in [-0.2, 0) is 0 Å². The van der Waals surface area contributed by atoms with Gasteiger partial charge in [-0.2, -0.15) is 0 Å². The van der Waals surface area contributed by atoms with Gasteiger partial charge in [0.05, 0.1) is 11.9 Å². The average molecular weight is 321 g/mol. The van der Waals surface area contributed by atoms with Gasteiger partial charge in [0.15, 0.2) is 0 Å². The molecule has 2 unspecified atom stereocenters. The summed E-state index contributed by atoms with van der Waals surface area (Å²) in [7, 11) is 0. The van der Waals surface area contributed by atoms with Crippen LogP contribution >= 0.6 is 0 Å². The summed E-state index contributed by atoms with van der Waals surface area (Å²) in [5, 5.41) is 6.94. The Labute approximate surface area is 142 Å². The molecule has 0 fully saturated rings. The summed E-state index contributed by atoms with van der Waals surface area (Å²) >= 11 is 0. The molecule has 1 aromatic rings. The first kappa shape index (κ1) is 19.7. The predicted octanol–water partition coefficient (Wildman–Crippen LogP) is 5.26. The maximum absolute atomic E-state index is 4.65. The smallest absolute Gasteiger partial charge is 0.147 e. The second kappa shape index (κ2) is 9.74. The van der Waals surface area contributed by atoms with E-state index < -0.39 is 0 Å². The van der Waals surface area contributed by atoms with Crippen molar-refractivity contribution in [1.29, 1.82) is 0 Å². The molecule has 1 aromatic heterocycles. The highest BCUT2D eigenvalue weighted by Gasteiger charge is 2.10. The van der Waals surface area contributed by atoms with Crippen molar-refractivity contribution < 1.29 is 0 Å². The van der Waals surface area contributed by atoms with Crippen LogP contribution in [0, 0.1) is 18.8 Å². The van der Waals surface area contributed by atoms with Crippen molar-refractivity contribution in [3.8, 4) is 0 Å². The molecule has 0 aliphatic carbocycles. The third-order valence-corrected chi connectivity index (χ3v) is 4.08. The van der Waals surface area contributed by atoms with Crippen LogP contribution in [0.1, 0.15) is 72.9 Å². The van der Waals surface area contributed by atoms with E-state index >= 15 is 0 Å². The molecular formula is C19H36N4. The third-order valence-electron chi connectivity index (χ3n) is 4.08. The normalized spacial score (nSPS) is 14.1. The Kier molecular flexibility index (Phi) is 8.35. The zero-order chi connectivity index (χ0) is 17.4. The molecule has 0 aliphatic rings. The molecule has 0 bridgehead atoms. The number of nitrogens with zero attached hydrogens (tertiary/aromatic N) is 2. The zero-order valence-electron chi connectivity index (χ0n) is 16.1. The van der Waals surface area contributed by atoms with Gasteiger partial charge in [-0.3, -0.25) is 0 Å². The molecule has 0 aliphatic heterocycles. The van der Waals surface area contributed by atoms with E-state index in [9.17, 15) is 0 Å². The summed E-state index contributed by atoms with van der Waals surface area (Å²) in [5.74, 6) is 3.26. The van der Waals surface area contributed by atoms with Gasteiger partial charge < -0.3 is 10.6 Å². The monoisotopic (exact) mass is 320 g/mol. The van der Waals surface area contributed by atoms with Crippen LogP contribution in [0.25, 0.3) is 0 Å². The molecule has 1 rings (SSSR count). The molecule has 132 valence electrons. The number of anilines is 2. The standard InChI is InChI=1S/C19H36N4/c1-13(2)8-10-15(5)21-18-12-20-19(17(7)23-18)22-16(6)11-9-14(3)4/h12-16H,8-11H2,1-7H3,(H,20,22)(H,21,23). The fourth-order valence-corrected chi connectivity index (χ4v) is 2.49. The second-order valence-electron chi connectivity index (χ2n) is 7.72. The van der Waals surface area contributed by atoms with Crippen molar-refractivity contribution in [3.63, 3.8) is 0 Å². The number of aryl methyl sites for hydroxylation is 1. The van der Waals surface area contributed by atoms with Gasteiger partial charge in [0.1, 0.15) is 11.6 Å². The molecule has 4 heteroatoms. The lowest BCUT2D eigenvalue weighted by Gasteiger charge is -2.19. The van der Waals surface area contributed by atoms with Gasteiger partial charge in [0.25, 0.3) is 0 Å². The molecule has 0 spiro atoms. The zero-order valence-corrected chi connectivity index (χ0v) is 16.1. The second-order valence-corrected chi connectivity index (χ2v) is 7.72. The van der Waals surface area contributed by atoms with Crippen molar-refractivity contribution in [3.05, 3.63) is 11.9 Å². The first-order chi connectivity index (χ1) is 10.8.